The standard InChI is InChI=1S/C15H30N2O/c1-12-5-4-8-15(11-16,13(12)2)17-9-6-14(18-3)7-10-17/h12-14H,4-11,16H2,1-3H3. The number of hydrogen-bond acceptors (Lipinski definition) is 3. The molecule has 0 aromatic heterocycles. The Kier molecular flexibility index (Phi) is 4.68. The van der Waals surface area contributed by atoms with Crippen LogP contribution in [0.15, 0.2) is 0 Å². The quantitative estimate of drug-likeness (QED) is 0.839. The fraction of sp³-hybridized carbons (Fsp3) is 1.00. The number of nitrogens with zero attached hydrogens (tertiary/aromatic N) is 1. The van der Waals surface area contributed by atoms with Crippen LogP contribution in [0.25, 0.3) is 0 Å². The molecule has 1 saturated carbocycles. The summed E-state index contributed by atoms with van der Waals surface area (Å²) < 4.78 is 5.48. The lowest BCUT2D eigenvalue weighted by atomic mass is 9.67. The number of methoxy groups -OCH3 is 1. The van der Waals surface area contributed by atoms with E-state index in [-0.39, 0.29) is 5.54 Å². The van der Waals surface area contributed by atoms with Crippen molar-refractivity contribution in [2.75, 3.05) is 26.7 Å². The topological polar surface area (TPSA) is 38.5 Å². The first-order valence-corrected chi connectivity index (χ1v) is 7.62. The van der Waals surface area contributed by atoms with Gasteiger partial charge in [0.05, 0.1) is 6.10 Å². The number of hydrogen-bond donors (Lipinski definition) is 1. The van der Waals surface area contributed by atoms with E-state index in [4.69, 9.17) is 10.5 Å². The van der Waals surface area contributed by atoms with E-state index in [1.54, 1.807) is 0 Å². The average Bonchev–Trinajstić information content (AvgIpc) is 2.42. The summed E-state index contributed by atoms with van der Waals surface area (Å²) in [7, 11) is 1.84. The van der Waals surface area contributed by atoms with Gasteiger partial charge in [-0.15, -0.1) is 0 Å². The van der Waals surface area contributed by atoms with Gasteiger partial charge in [0.15, 0.2) is 0 Å². The molecule has 3 atom stereocenters. The van der Waals surface area contributed by atoms with E-state index in [2.05, 4.69) is 18.7 Å². The first-order valence-electron chi connectivity index (χ1n) is 7.62. The van der Waals surface area contributed by atoms with Gasteiger partial charge in [-0.25, -0.2) is 0 Å². The lowest BCUT2D eigenvalue weighted by Crippen LogP contribution is -2.62. The van der Waals surface area contributed by atoms with Crippen LogP contribution in [0.5, 0.6) is 0 Å². The molecule has 0 radical (unpaired) electrons. The number of ether oxygens (including phenoxy) is 1. The van der Waals surface area contributed by atoms with Crippen LogP contribution in [-0.2, 0) is 4.74 Å². The molecule has 0 bridgehead atoms. The number of rotatable bonds is 3. The Morgan fingerprint density at radius 3 is 2.44 bits per heavy atom. The first-order chi connectivity index (χ1) is 8.64. The smallest absolute Gasteiger partial charge is 0.0595 e. The van der Waals surface area contributed by atoms with Crippen molar-refractivity contribution in [3.05, 3.63) is 0 Å². The fourth-order valence-corrected chi connectivity index (χ4v) is 4.14. The molecule has 3 unspecified atom stereocenters. The molecule has 0 amide bonds. The Labute approximate surface area is 112 Å². The molecular formula is C15H30N2O. The second-order valence-corrected chi connectivity index (χ2v) is 6.39. The molecule has 0 aromatic carbocycles. The molecule has 0 aromatic rings. The van der Waals surface area contributed by atoms with Crippen LogP contribution in [0.2, 0.25) is 0 Å². The number of likely N-dealkylation sites (tertiary alicyclic amines) is 1. The van der Waals surface area contributed by atoms with Crippen molar-refractivity contribution >= 4 is 0 Å². The number of nitrogens with two attached hydrogens (primary N) is 1. The van der Waals surface area contributed by atoms with Gasteiger partial charge in [0.25, 0.3) is 0 Å². The second kappa shape index (κ2) is 5.89. The molecule has 2 rings (SSSR count). The van der Waals surface area contributed by atoms with Crippen molar-refractivity contribution in [1.29, 1.82) is 0 Å². The zero-order chi connectivity index (χ0) is 13.2. The third-order valence-corrected chi connectivity index (χ3v) is 5.73. The van der Waals surface area contributed by atoms with Crippen LogP contribution in [-0.4, -0.2) is 43.3 Å². The van der Waals surface area contributed by atoms with Crippen molar-refractivity contribution in [3.63, 3.8) is 0 Å². The van der Waals surface area contributed by atoms with Crippen LogP contribution in [0.1, 0.15) is 46.0 Å². The highest BCUT2D eigenvalue weighted by atomic mass is 16.5. The monoisotopic (exact) mass is 254 g/mol. The summed E-state index contributed by atoms with van der Waals surface area (Å²) >= 11 is 0. The van der Waals surface area contributed by atoms with E-state index >= 15 is 0 Å². The van der Waals surface area contributed by atoms with E-state index in [0.717, 1.165) is 31.5 Å². The van der Waals surface area contributed by atoms with Gasteiger partial charge in [-0.05, 0) is 31.1 Å². The van der Waals surface area contributed by atoms with Gasteiger partial charge in [-0.3, -0.25) is 4.90 Å². The first kappa shape index (κ1) is 14.3. The average molecular weight is 254 g/mol. The summed E-state index contributed by atoms with van der Waals surface area (Å²) in [4.78, 5) is 2.68. The minimum atomic E-state index is 0.260. The maximum atomic E-state index is 6.22. The van der Waals surface area contributed by atoms with Crippen LogP contribution < -0.4 is 5.73 Å². The molecule has 1 aliphatic heterocycles. The molecule has 18 heavy (non-hydrogen) atoms. The molecule has 0 spiro atoms. The molecule has 3 nitrogen and oxygen atoms in total. The van der Waals surface area contributed by atoms with Crippen molar-refractivity contribution in [1.82, 2.24) is 4.90 Å². The summed E-state index contributed by atoms with van der Waals surface area (Å²) in [6, 6.07) is 0. The Morgan fingerprint density at radius 1 is 1.22 bits per heavy atom. The van der Waals surface area contributed by atoms with Crippen LogP contribution in [0.4, 0.5) is 0 Å². The van der Waals surface area contributed by atoms with E-state index < -0.39 is 0 Å². The normalized spacial score (nSPS) is 40.0. The molecule has 106 valence electrons. The lowest BCUT2D eigenvalue weighted by Gasteiger charge is -2.54. The number of piperidine rings is 1. The van der Waals surface area contributed by atoms with Crippen LogP contribution >= 0.6 is 0 Å². The van der Waals surface area contributed by atoms with Crippen LogP contribution in [0.3, 0.4) is 0 Å². The maximum absolute atomic E-state index is 6.22. The SMILES string of the molecule is COC1CCN(C2(CN)CCCC(C)C2C)CC1. The highest BCUT2D eigenvalue weighted by Crippen LogP contribution is 2.42. The van der Waals surface area contributed by atoms with Gasteiger partial charge >= 0.3 is 0 Å². The van der Waals surface area contributed by atoms with E-state index in [1.165, 1.54) is 32.1 Å². The second-order valence-electron chi connectivity index (χ2n) is 6.39. The summed E-state index contributed by atoms with van der Waals surface area (Å²) in [5, 5.41) is 0. The molecule has 2 aliphatic rings. The van der Waals surface area contributed by atoms with Gasteiger partial charge in [-0.2, -0.15) is 0 Å². The van der Waals surface area contributed by atoms with Crippen molar-refractivity contribution in [2.45, 2.75) is 57.6 Å². The van der Waals surface area contributed by atoms with Gasteiger partial charge in [0.2, 0.25) is 0 Å². The summed E-state index contributed by atoms with van der Waals surface area (Å²) in [6.07, 6.45) is 6.79. The fourth-order valence-electron chi connectivity index (χ4n) is 4.14. The summed E-state index contributed by atoms with van der Waals surface area (Å²) in [5.74, 6) is 1.53. The third-order valence-electron chi connectivity index (χ3n) is 5.73. The predicted octanol–water partition coefficient (Wildman–Crippen LogP) is 2.25. The molecule has 1 saturated heterocycles. The third kappa shape index (κ3) is 2.45. The maximum Gasteiger partial charge on any atom is 0.0595 e. The van der Waals surface area contributed by atoms with E-state index in [9.17, 15) is 0 Å². The minimum absolute atomic E-state index is 0.260. The Hall–Kier alpha value is -0.120. The lowest BCUT2D eigenvalue weighted by molar-refractivity contribution is -0.0512. The molecule has 3 heteroatoms. The highest BCUT2D eigenvalue weighted by molar-refractivity contribution is 5.01. The summed E-state index contributed by atoms with van der Waals surface area (Å²) in [6.45, 7) is 7.95. The predicted molar refractivity (Wildman–Crippen MR) is 75.6 cm³/mol. The summed E-state index contributed by atoms with van der Waals surface area (Å²) in [5.41, 5.74) is 6.48. The molecule has 2 N–H and O–H groups in total. The van der Waals surface area contributed by atoms with Gasteiger partial charge in [0.1, 0.15) is 0 Å². The van der Waals surface area contributed by atoms with Crippen LogP contribution in [0, 0.1) is 11.8 Å². The molecule has 2 fully saturated rings. The van der Waals surface area contributed by atoms with Crippen molar-refractivity contribution < 1.29 is 4.74 Å². The minimum Gasteiger partial charge on any atom is -0.381 e. The van der Waals surface area contributed by atoms with Gasteiger partial charge in [0, 0.05) is 32.3 Å². The molecule has 1 aliphatic carbocycles. The zero-order valence-corrected chi connectivity index (χ0v) is 12.3. The highest BCUT2D eigenvalue weighted by Gasteiger charge is 2.45. The molecular weight excluding hydrogens is 224 g/mol. The Bertz CT molecular complexity index is 263. The van der Waals surface area contributed by atoms with E-state index in [1.807, 2.05) is 7.11 Å². The largest absolute Gasteiger partial charge is 0.381 e. The Balaban J connectivity index is 2.07. The zero-order valence-electron chi connectivity index (χ0n) is 12.3. The Morgan fingerprint density at radius 2 is 1.89 bits per heavy atom. The van der Waals surface area contributed by atoms with E-state index in [0.29, 0.717) is 6.10 Å². The molecule has 1 heterocycles. The van der Waals surface area contributed by atoms with Gasteiger partial charge < -0.3 is 10.5 Å². The van der Waals surface area contributed by atoms with Crippen molar-refractivity contribution in [3.8, 4) is 0 Å². The van der Waals surface area contributed by atoms with Crippen molar-refractivity contribution in [2.24, 2.45) is 17.6 Å². The van der Waals surface area contributed by atoms with Gasteiger partial charge in [-0.1, -0.05) is 26.7 Å².